The van der Waals surface area contributed by atoms with Crippen LogP contribution in [0.3, 0.4) is 0 Å². The lowest BCUT2D eigenvalue weighted by Gasteiger charge is -2.20. The molecule has 0 saturated carbocycles. The van der Waals surface area contributed by atoms with Crippen LogP contribution < -0.4 is 0 Å². The van der Waals surface area contributed by atoms with Gasteiger partial charge in [-0.25, -0.2) is 4.57 Å². The standard InChI is InChI=1S/C48H85O11P/c1-4-5-6-7-8-9-10-15-19-22-25-28-31-35-44(50)36-33-38-48(53)59-46(42-58-60(54,55)57-40-45(51)39-49)41-56-47(52)37-32-29-26-23-20-17-14-12-11-13-16-18-21-24-27-30-34-43(2)3/h5-6,8-9,15,19,25,28,31,35,43-46,49-51H,4,7,10-14,16-18,20-24,26-27,29-30,32-34,36-42H2,1-3H3,(H,54,55)/b6-5-,9-8-,19-15-,28-25-,35-31+/t44?,45-,46+/m0/s1. The summed E-state index contributed by atoms with van der Waals surface area (Å²) in [6.45, 7) is 4.39. The molecule has 60 heavy (non-hydrogen) atoms. The molecule has 0 fully saturated rings. The number of allylic oxidation sites excluding steroid dienone is 9. The third-order valence-corrected chi connectivity index (χ3v) is 10.7. The van der Waals surface area contributed by atoms with E-state index >= 15 is 0 Å². The number of rotatable bonds is 42. The van der Waals surface area contributed by atoms with Gasteiger partial charge in [-0.05, 0) is 50.9 Å². The summed E-state index contributed by atoms with van der Waals surface area (Å²) in [4.78, 5) is 35.1. The van der Waals surface area contributed by atoms with Crippen LogP contribution >= 0.6 is 7.82 Å². The second-order valence-corrected chi connectivity index (χ2v) is 17.5. The van der Waals surface area contributed by atoms with Gasteiger partial charge in [-0.1, -0.05) is 184 Å². The Morgan fingerprint density at radius 1 is 0.583 bits per heavy atom. The Bertz CT molecular complexity index is 1210. The largest absolute Gasteiger partial charge is 0.472 e. The molecule has 0 bridgehead atoms. The second-order valence-electron chi connectivity index (χ2n) is 16.1. The van der Waals surface area contributed by atoms with Crippen LogP contribution in [0.25, 0.3) is 0 Å². The molecule has 0 amide bonds. The zero-order valence-corrected chi connectivity index (χ0v) is 38.6. The average Bonchev–Trinajstić information content (AvgIpc) is 3.22. The Kier molecular flexibility index (Phi) is 40.3. The van der Waals surface area contributed by atoms with Crippen LogP contribution in [0.15, 0.2) is 60.8 Å². The molecule has 0 rings (SSSR count). The quantitative estimate of drug-likeness (QED) is 0.0151. The lowest BCUT2D eigenvalue weighted by atomic mass is 10.0. The molecule has 348 valence electrons. The summed E-state index contributed by atoms with van der Waals surface area (Å²) in [6, 6.07) is 0. The first-order valence-corrected chi connectivity index (χ1v) is 24.7. The lowest BCUT2D eigenvalue weighted by Crippen LogP contribution is -2.30. The van der Waals surface area contributed by atoms with Crippen LogP contribution in [0.4, 0.5) is 0 Å². The Morgan fingerprint density at radius 3 is 1.60 bits per heavy atom. The summed E-state index contributed by atoms with van der Waals surface area (Å²) >= 11 is 0. The predicted octanol–water partition coefficient (Wildman–Crippen LogP) is 11.5. The van der Waals surface area contributed by atoms with Crippen LogP contribution in [-0.2, 0) is 32.7 Å². The van der Waals surface area contributed by atoms with E-state index in [1.165, 1.54) is 83.5 Å². The molecule has 0 aliphatic carbocycles. The van der Waals surface area contributed by atoms with Crippen molar-refractivity contribution in [3.05, 3.63) is 60.8 Å². The molecule has 0 aliphatic heterocycles. The molecule has 0 aromatic rings. The van der Waals surface area contributed by atoms with Crippen LogP contribution in [0.2, 0.25) is 0 Å². The minimum atomic E-state index is -4.68. The average molecular weight is 869 g/mol. The number of ether oxygens (including phenoxy) is 2. The maximum atomic E-state index is 12.6. The molecule has 0 spiro atoms. The number of carbonyl (C=O) groups excluding carboxylic acids is 2. The van der Waals surface area contributed by atoms with Gasteiger partial charge in [0.25, 0.3) is 0 Å². The zero-order valence-electron chi connectivity index (χ0n) is 37.7. The summed E-state index contributed by atoms with van der Waals surface area (Å²) in [5.41, 5.74) is 0. The van der Waals surface area contributed by atoms with Crippen molar-refractivity contribution in [3.63, 3.8) is 0 Å². The summed E-state index contributed by atoms with van der Waals surface area (Å²) in [6.07, 6.45) is 42.2. The number of carbonyl (C=O) groups is 2. The van der Waals surface area contributed by atoms with Crippen molar-refractivity contribution in [1.82, 2.24) is 0 Å². The highest BCUT2D eigenvalue weighted by Crippen LogP contribution is 2.43. The molecule has 11 nitrogen and oxygen atoms in total. The van der Waals surface area contributed by atoms with E-state index in [9.17, 15) is 29.3 Å². The maximum absolute atomic E-state index is 12.6. The zero-order chi connectivity index (χ0) is 44.4. The van der Waals surface area contributed by atoms with Gasteiger partial charge in [0.1, 0.15) is 12.7 Å². The van der Waals surface area contributed by atoms with Crippen molar-refractivity contribution in [1.29, 1.82) is 0 Å². The van der Waals surface area contributed by atoms with Gasteiger partial charge in [0.05, 0.1) is 25.9 Å². The summed E-state index contributed by atoms with van der Waals surface area (Å²) < 4.78 is 32.6. The van der Waals surface area contributed by atoms with E-state index in [0.29, 0.717) is 19.3 Å². The second kappa shape index (κ2) is 42.0. The Labute approximate surface area is 364 Å². The highest BCUT2D eigenvalue weighted by atomic mass is 31.2. The maximum Gasteiger partial charge on any atom is 0.472 e. The molecule has 12 heteroatoms. The summed E-state index contributed by atoms with van der Waals surface area (Å²) in [5, 5.41) is 28.6. The predicted molar refractivity (Wildman–Crippen MR) is 243 cm³/mol. The minimum Gasteiger partial charge on any atom is -0.462 e. The van der Waals surface area contributed by atoms with E-state index in [4.69, 9.17) is 19.1 Å². The molecule has 0 saturated heterocycles. The fraction of sp³-hybridized carbons (Fsp3) is 0.750. The third kappa shape index (κ3) is 42.3. The van der Waals surface area contributed by atoms with Gasteiger partial charge in [-0.15, -0.1) is 0 Å². The number of esters is 2. The smallest absolute Gasteiger partial charge is 0.462 e. The van der Waals surface area contributed by atoms with E-state index in [1.807, 2.05) is 12.2 Å². The number of hydrogen-bond acceptors (Lipinski definition) is 10. The number of aliphatic hydroxyl groups is 3. The van der Waals surface area contributed by atoms with Crippen molar-refractivity contribution < 1.29 is 52.9 Å². The monoisotopic (exact) mass is 869 g/mol. The highest BCUT2D eigenvalue weighted by molar-refractivity contribution is 7.47. The van der Waals surface area contributed by atoms with E-state index in [2.05, 4.69) is 61.8 Å². The van der Waals surface area contributed by atoms with Crippen LogP contribution in [0.1, 0.15) is 181 Å². The van der Waals surface area contributed by atoms with E-state index in [1.54, 1.807) is 12.2 Å². The molecule has 0 heterocycles. The van der Waals surface area contributed by atoms with Crippen LogP contribution in [0, 0.1) is 5.92 Å². The molecular formula is C48H85O11P. The van der Waals surface area contributed by atoms with Crippen molar-refractivity contribution in [2.24, 2.45) is 5.92 Å². The number of hydrogen-bond donors (Lipinski definition) is 4. The Hall–Kier alpha value is -2.37. The normalized spacial score (nSPS) is 14.9. The summed E-state index contributed by atoms with van der Waals surface area (Å²) in [5.74, 6) is -0.301. The number of unbranched alkanes of at least 4 members (excludes halogenated alkanes) is 15. The molecule has 4 N–H and O–H groups in total. The molecule has 4 atom stereocenters. The van der Waals surface area contributed by atoms with Crippen molar-refractivity contribution in [2.45, 2.75) is 200 Å². The van der Waals surface area contributed by atoms with Crippen molar-refractivity contribution in [3.8, 4) is 0 Å². The van der Waals surface area contributed by atoms with Gasteiger partial charge < -0.3 is 29.7 Å². The van der Waals surface area contributed by atoms with E-state index < -0.39 is 57.9 Å². The van der Waals surface area contributed by atoms with Gasteiger partial charge in [-0.3, -0.25) is 18.6 Å². The minimum absolute atomic E-state index is 0.0475. The molecule has 0 aromatic heterocycles. The van der Waals surface area contributed by atoms with E-state index in [0.717, 1.165) is 50.9 Å². The Balaban J connectivity index is 4.41. The van der Waals surface area contributed by atoms with Crippen molar-refractivity contribution in [2.75, 3.05) is 26.4 Å². The lowest BCUT2D eigenvalue weighted by molar-refractivity contribution is -0.161. The van der Waals surface area contributed by atoms with E-state index in [-0.39, 0.29) is 19.4 Å². The van der Waals surface area contributed by atoms with Crippen molar-refractivity contribution >= 4 is 19.8 Å². The number of aliphatic hydroxyl groups excluding tert-OH is 3. The first-order valence-electron chi connectivity index (χ1n) is 23.2. The first kappa shape index (κ1) is 57.6. The van der Waals surface area contributed by atoms with Gasteiger partial charge in [-0.2, -0.15) is 0 Å². The van der Waals surface area contributed by atoms with Gasteiger partial charge in [0.15, 0.2) is 6.10 Å². The SMILES string of the molecule is CC/C=C\C/C=C\C/C=C\C/C=C\C=C\C(O)CCCC(=O)O[C@H](COC(=O)CCCCCCCCCCCCCCCCCCC(C)C)COP(=O)(O)OC[C@@H](O)CO. The van der Waals surface area contributed by atoms with Crippen LogP contribution in [-0.4, -0.2) is 76.9 Å². The molecular weight excluding hydrogens is 783 g/mol. The number of phosphoric acid groups is 1. The topological polar surface area (TPSA) is 169 Å². The molecule has 0 radical (unpaired) electrons. The van der Waals surface area contributed by atoms with Gasteiger partial charge >= 0.3 is 19.8 Å². The third-order valence-electron chi connectivity index (χ3n) is 9.72. The molecule has 0 aromatic carbocycles. The number of phosphoric ester groups is 1. The molecule has 0 aliphatic rings. The summed E-state index contributed by atoms with van der Waals surface area (Å²) in [7, 11) is -4.68. The van der Waals surface area contributed by atoms with Gasteiger partial charge in [0, 0.05) is 12.8 Å². The van der Waals surface area contributed by atoms with Crippen LogP contribution in [0.5, 0.6) is 0 Å². The highest BCUT2D eigenvalue weighted by Gasteiger charge is 2.27. The first-order chi connectivity index (χ1) is 29.0. The molecule has 2 unspecified atom stereocenters. The fourth-order valence-corrected chi connectivity index (χ4v) is 6.94. The fourth-order valence-electron chi connectivity index (χ4n) is 6.15. The Morgan fingerprint density at radius 2 is 1.07 bits per heavy atom. The van der Waals surface area contributed by atoms with Gasteiger partial charge in [0.2, 0.25) is 0 Å².